The molecule has 132 valence electrons. The molecule has 2 N–H and O–H groups in total. The van der Waals surface area contributed by atoms with Gasteiger partial charge < -0.3 is 20.4 Å². The lowest BCUT2D eigenvalue weighted by atomic mass is 10.1. The summed E-state index contributed by atoms with van der Waals surface area (Å²) in [5.74, 6) is -0.141. The quantitative estimate of drug-likeness (QED) is 0.792. The number of nitrogens with zero attached hydrogens (tertiary/aromatic N) is 2. The first-order chi connectivity index (χ1) is 11.6. The van der Waals surface area contributed by atoms with Crippen molar-refractivity contribution in [2.45, 2.75) is 19.3 Å². The Balaban J connectivity index is 1.89. The van der Waals surface area contributed by atoms with Crippen LogP contribution in [0.15, 0.2) is 24.3 Å². The summed E-state index contributed by atoms with van der Waals surface area (Å²) in [6, 6.07) is 7.10. The Labute approximate surface area is 144 Å². The summed E-state index contributed by atoms with van der Waals surface area (Å²) in [5, 5.41) is 5.58. The Kier molecular flexibility index (Phi) is 7.21. The van der Waals surface area contributed by atoms with Gasteiger partial charge in [-0.15, -0.1) is 0 Å². The van der Waals surface area contributed by atoms with Crippen LogP contribution in [-0.2, 0) is 4.79 Å². The average Bonchev–Trinajstić information content (AvgIpc) is 2.60. The molecule has 24 heavy (non-hydrogen) atoms. The molecule has 0 saturated carbocycles. The van der Waals surface area contributed by atoms with Crippen molar-refractivity contribution in [2.75, 3.05) is 52.1 Å². The number of nitrogens with one attached hydrogen (secondary N) is 2. The van der Waals surface area contributed by atoms with Gasteiger partial charge >= 0.3 is 0 Å². The molecule has 2 rings (SSSR count). The monoisotopic (exact) mass is 332 g/mol. The van der Waals surface area contributed by atoms with Gasteiger partial charge in [-0.05, 0) is 51.2 Å². The molecule has 1 aliphatic rings. The van der Waals surface area contributed by atoms with E-state index < -0.39 is 0 Å². The van der Waals surface area contributed by atoms with Crippen LogP contribution in [-0.4, -0.2) is 68.4 Å². The Morgan fingerprint density at radius 3 is 2.67 bits per heavy atom. The highest BCUT2D eigenvalue weighted by molar-refractivity contribution is 5.97. The van der Waals surface area contributed by atoms with Gasteiger partial charge in [0.15, 0.2) is 0 Å². The molecule has 0 bridgehead atoms. The zero-order chi connectivity index (χ0) is 17.4. The minimum absolute atomic E-state index is 0.0169. The molecular formula is C18H28N4O2. The zero-order valence-corrected chi connectivity index (χ0v) is 14.7. The molecule has 1 fully saturated rings. The van der Waals surface area contributed by atoms with E-state index in [4.69, 9.17) is 0 Å². The van der Waals surface area contributed by atoms with Gasteiger partial charge in [-0.2, -0.15) is 0 Å². The Morgan fingerprint density at radius 2 is 1.96 bits per heavy atom. The molecule has 1 heterocycles. The molecule has 6 nitrogen and oxygen atoms in total. The van der Waals surface area contributed by atoms with Crippen molar-refractivity contribution in [1.29, 1.82) is 0 Å². The predicted molar refractivity (Wildman–Crippen MR) is 96.2 cm³/mol. The normalized spacial score (nSPS) is 15.1. The topological polar surface area (TPSA) is 64.7 Å². The van der Waals surface area contributed by atoms with E-state index in [0.717, 1.165) is 26.2 Å². The summed E-state index contributed by atoms with van der Waals surface area (Å²) in [7, 11) is 3.55. The highest BCUT2D eigenvalue weighted by Gasteiger charge is 2.15. The highest BCUT2D eigenvalue weighted by Crippen LogP contribution is 2.13. The van der Waals surface area contributed by atoms with E-state index in [0.29, 0.717) is 11.3 Å². The fourth-order valence-electron chi connectivity index (χ4n) is 2.89. The summed E-state index contributed by atoms with van der Waals surface area (Å²) in [5.41, 5.74) is 1.24. The van der Waals surface area contributed by atoms with Crippen molar-refractivity contribution < 1.29 is 9.59 Å². The van der Waals surface area contributed by atoms with Crippen molar-refractivity contribution >= 4 is 17.5 Å². The van der Waals surface area contributed by atoms with Gasteiger partial charge in [-0.25, -0.2) is 0 Å². The van der Waals surface area contributed by atoms with Crippen LogP contribution >= 0.6 is 0 Å². The molecule has 2 amide bonds. The number of benzene rings is 1. The second-order valence-corrected chi connectivity index (χ2v) is 6.29. The van der Waals surface area contributed by atoms with Crippen molar-refractivity contribution in [3.8, 4) is 0 Å². The average molecular weight is 332 g/mol. The second kappa shape index (κ2) is 9.39. The maximum Gasteiger partial charge on any atom is 0.253 e. The number of amides is 2. The fourth-order valence-corrected chi connectivity index (χ4v) is 2.89. The number of anilines is 1. The van der Waals surface area contributed by atoms with Crippen molar-refractivity contribution in [3.63, 3.8) is 0 Å². The first-order valence-electron chi connectivity index (χ1n) is 8.62. The lowest BCUT2D eigenvalue weighted by Gasteiger charge is -2.28. The summed E-state index contributed by atoms with van der Waals surface area (Å²) in [4.78, 5) is 28.4. The number of likely N-dealkylation sites (tertiary alicyclic amines) is 1. The van der Waals surface area contributed by atoms with Crippen molar-refractivity contribution in [1.82, 2.24) is 15.1 Å². The van der Waals surface area contributed by atoms with Crippen molar-refractivity contribution in [2.24, 2.45) is 0 Å². The molecule has 6 heteroatoms. The third-order valence-electron chi connectivity index (χ3n) is 4.28. The van der Waals surface area contributed by atoms with Gasteiger partial charge in [0.05, 0.1) is 6.54 Å². The fraction of sp³-hybridized carbons (Fsp3) is 0.556. The predicted octanol–water partition coefficient (Wildman–Crippen LogP) is 1.40. The van der Waals surface area contributed by atoms with E-state index in [1.807, 2.05) is 7.05 Å². The number of piperidine rings is 1. The number of carbonyl (C=O) groups is 2. The molecule has 1 saturated heterocycles. The zero-order valence-electron chi connectivity index (χ0n) is 14.7. The Morgan fingerprint density at radius 1 is 1.21 bits per heavy atom. The van der Waals surface area contributed by atoms with Gasteiger partial charge in [0.25, 0.3) is 5.91 Å². The van der Waals surface area contributed by atoms with Crippen LogP contribution < -0.4 is 10.6 Å². The third kappa shape index (κ3) is 5.62. The smallest absolute Gasteiger partial charge is 0.253 e. The van der Waals surface area contributed by atoms with E-state index in [2.05, 4.69) is 15.5 Å². The maximum atomic E-state index is 12.6. The lowest BCUT2D eigenvalue weighted by Crippen LogP contribution is -2.38. The van der Waals surface area contributed by atoms with Gasteiger partial charge in [0, 0.05) is 31.4 Å². The van der Waals surface area contributed by atoms with E-state index in [1.165, 1.54) is 19.3 Å². The molecule has 0 aromatic heterocycles. The molecular weight excluding hydrogens is 304 g/mol. The minimum Gasteiger partial charge on any atom is -0.340 e. The number of hydrogen-bond donors (Lipinski definition) is 2. The summed E-state index contributed by atoms with van der Waals surface area (Å²) in [6.07, 6.45) is 3.83. The molecule has 0 aliphatic carbocycles. The lowest BCUT2D eigenvalue weighted by molar-refractivity contribution is -0.115. The Bertz CT molecular complexity index is 556. The number of rotatable bonds is 7. The highest BCUT2D eigenvalue weighted by atomic mass is 16.2. The largest absolute Gasteiger partial charge is 0.340 e. The molecule has 0 atom stereocenters. The molecule has 1 aromatic carbocycles. The van der Waals surface area contributed by atoms with E-state index in [1.54, 1.807) is 36.2 Å². The van der Waals surface area contributed by atoms with Gasteiger partial charge in [0.2, 0.25) is 5.91 Å². The van der Waals surface area contributed by atoms with Crippen LogP contribution in [0.25, 0.3) is 0 Å². The number of hydrogen-bond acceptors (Lipinski definition) is 4. The van der Waals surface area contributed by atoms with Crippen LogP contribution in [0.4, 0.5) is 5.69 Å². The van der Waals surface area contributed by atoms with Crippen LogP contribution in [0, 0.1) is 0 Å². The third-order valence-corrected chi connectivity index (χ3v) is 4.28. The summed E-state index contributed by atoms with van der Waals surface area (Å²) < 4.78 is 0. The molecule has 0 spiro atoms. The SMILES string of the molecule is CNCC(=O)Nc1cccc(C(=O)N(C)CCN2CCCCC2)c1. The molecule has 0 unspecified atom stereocenters. The molecule has 0 radical (unpaired) electrons. The summed E-state index contributed by atoms with van der Waals surface area (Å²) in [6.45, 7) is 4.15. The van der Waals surface area contributed by atoms with Gasteiger partial charge in [-0.3, -0.25) is 9.59 Å². The van der Waals surface area contributed by atoms with Crippen LogP contribution in [0.2, 0.25) is 0 Å². The number of likely N-dealkylation sites (N-methyl/N-ethyl adjacent to an activating group) is 2. The van der Waals surface area contributed by atoms with E-state index in [9.17, 15) is 9.59 Å². The standard InChI is InChI=1S/C18H28N4O2/c1-19-14-17(23)20-16-8-6-7-15(13-16)18(24)21(2)11-12-22-9-4-3-5-10-22/h6-8,13,19H,3-5,9-12,14H2,1-2H3,(H,20,23). The maximum absolute atomic E-state index is 12.6. The second-order valence-electron chi connectivity index (χ2n) is 6.29. The van der Waals surface area contributed by atoms with Crippen LogP contribution in [0.3, 0.4) is 0 Å². The first kappa shape index (κ1) is 18.4. The van der Waals surface area contributed by atoms with Crippen molar-refractivity contribution in [3.05, 3.63) is 29.8 Å². The van der Waals surface area contributed by atoms with Gasteiger partial charge in [0.1, 0.15) is 0 Å². The van der Waals surface area contributed by atoms with Crippen LogP contribution in [0.1, 0.15) is 29.6 Å². The minimum atomic E-state index is -0.124. The molecule has 1 aromatic rings. The van der Waals surface area contributed by atoms with E-state index in [-0.39, 0.29) is 18.4 Å². The summed E-state index contributed by atoms with van der Waals surface area (Å²) >= 11 is 0. The van der Waals surface area contributed by atoms with E-state index >= 15 is 0 Å². The number of carbonyl (C=O) groups excluding carboxylic acids is 2. The van der Waals surface area contributed by atoms with Gasteiger partial charge in [-0.1, -0.05) is 12.5 Å². The van der Waals surface area contributed by atoms with Crippen LogP contribution in [0.5, 0.6) is 0 Å². The first-order valence-corrected chi connectivity index (χ1v) is 8.62. The molecule has 1 aliphatic heterocycles. The Hall–Kier alpha value is -1.92.